The number of phenolic OH excluding ortho intramolecular Hbond substituents is 1. The molecule has 0 aliphatic carbocycles. The minimum Gasteiger partial charge on any atom is -0.508 e. The highest BCUT2D eigenvalue weighted by atomic mass is 16.3. The van der Waals surface area contributed by atoms with Crippen LogP contribution in [-0.4, -0.2) is 11.7 Å². The maximum atomic E-state index is 10.0. The number of unbranched alkanes of at least 4 members (excludes halogenated alkanes) is 1. The lowest BCUT2D eigenvalue weighted by Crippen LogP contribution is -2.12. The van der Waals surface area contributed by atoms with Gasteiger partial charge >= 0.3 is 0 Å². The minimum absolute atomic E-state index is 0.136. The standard InChI is InChI=1S/C15H20N2O/c16-10-4-3-7-13(17)15-12-6-2-1-5-11(12)8-9-14(15)18/h1-2,5-6,8-9,13,18H,3-4,7,10,16-17H2/t13-/m0/s1. The van der Waals surface area contributed by atoms with E-state index in [1.165, 1.54) is 0 Å². The Morgan fingerprint density at radius 1 is 1.06 bits per heavy atom. The number of fused-ring (bicyclic) bond motifs is 1. The highest BCUT2D eigenvalue weighted by Crippen LogP contribution is 2.33. The first-order valence-corrected chi connectivity index (χ1v) is 6.40. The van der Waals surface area contributed by atoms with E-state index in [1.807, 2.05) is 30.3 Å². The second-order valence-corrected chi connectivity index (χ2v) is 4.61. The molecule has 18 heavy (non-hydrogen) atoms. The maximum absolute atomic E-state index is 10.0. The molecule has 0 spiro atoms. The van der Waals surface area contributed by atoms with Crippen molar-refractivity contribution in [3.05, 3.63) is 42.0 Å². The molecule has 0 aliphatic rings. The molecule has 1 atom stereocenters. The third-order valence-corrected chi connectivity index (χ3v) is 3.29. The fraction of sp³-hybridized carbons (Fsp3) is 0.333. The van der Waals surface area contributed by atoms with Crippen LogP contribution in [0.2, 0.25) is 0 Å². The van der Waals surface area contributed by atoms with Crippen molar-refractivity contribution in [1.82, 2.24) is 0 Å². The van der Waals surface area contributed by atoms with Gasteiger partial charge in [0.05, 0.1) is 0 Å². The van der Waals surface area contributed by atoms with E-state index in [2.05, 4.69) is 0 Å². The molecule has 0 saturated carbocycles. The van der Waals surface area contributed by atoms with Gasteiger partial charge in [0.15, 0.2) is 0 Å². The van der Waals surface area contributed by atoms with Crippen LogP contribution in [0.15, 0.2) is 36.4 Å². The summed E-state index contributed by atoms with van der Waals surface area (Å²) in [5.41, 5.74) is 12.5. The van der Waals surface area contributed by atoms with E-state index in [0.717, 1.165) is 35.6 Å². The van der Waals surface area contributed by atoms with E-state index in [1.54, 1.807) is 6.07 Å². The van der Waals surface area contributed by atoms with E-state index in [0.29, 0.717) is 6.54 Å². The quantitative estimate of drug-likeness (QED) is 0.708. The Labute approximate surface area is 107 Å². The Kier molecular flexibility index (Phi) is 4.18. The number of rotatable bonds is 5. The molecule has 96 valence electrons. The molecule has 0 amide bonds. The first-order valence-electron chi connectivity index (χ1n) is 6.40. The largest absolute Gasteiger partial charge is 0.508 e. The van der Waals surface area contributed by atoms with Crippen LogP contribution in [0, 0.1) is 0 Å². The summed E-state index contributed by atoms with van der Waals surface area (Å²) in [6, 6.07) is 11.5. The van der Waals surface area contributed by atoms with E-state index >= 15 is 0 Å². The molecular formula is C15H20N2O. The summed E-state index contributed by atoms with van der Waals surface area (Å²) in [4.78, 5) is 0. The van der Waals surface area contributed by atoms with Crippen molar-refractivity contribution in [1.29, 1.82) is 0 Å². The lowest BCUT2D eigenvalue weighted by molar-refractivity contribution is 0.458. The zero-order valence-corrected chi connectivity index (χ0v) is 10.5. The minimum atomic E-state index is -0.136. The van der Waals surface area contributed by atoms with Gasteiger partial charge in [-0.2, -0.15) is 0 Å². The molecule has 0 saturated heterocycles. The van der Waals surface area contributed by atoms with Crippen molar-refractivity contribution in [2.24, 2.45) is 11.5 Å². The van der Waals surface area contributed by atoms with Gasteiger partial charge in [0, 0.05) is 11.6 Å². The smallest absolute Gasteiger partial charge is 0.120 e. The van der Waals surface area contributed by atoms with Crippen LogP contribution >= 0.6 is 0 Å². The molecular weight excluding hydrogens is 224 g/mol. The highest BCUT2D eigenvalue weighted by molar-refractivity contribution is 5.88. The Morgan fingerprint density at radius 3 is 2.61 bits per heavy atom. The van der Waals surface area contributed by atoms with Gasteiger partial charge < -0.3 is 16.6 Å². The fourth-order valence-corrected chi connectivity index (χ4v) is 2.33. The van der Waals surface area contributed by atoms with Gasteiger partial charge in [0.25, 0.3) is 0 Å². The Balaban J connectivity index is 2.33. The van der Waals surface area contributed by atoms with Crippen LogP contribution in [0.3, 0.4) is 0 Å². The number of benzene rings is 2. The third kappa shape index (κ3) is 2.63. The molecule has 0 heterocycles. The normalized spacial score (nSPS) is 12.8. The van der Waals surface area contributed by atoms with Crippen molar-refractivity contribution >= 4 is 10.8 Å². The second-order valence-electron chi connectivity index (χ2n) is 4.61. The summed E-state index contributed by atoms with van der Waals surface area (Å²) in [6.45, 7) is 0.689. The van der Waals surface area contributed by atoms with Gasteiger partial charge in [0.2, 0.25) is 0 Å². The van der Waals surface area contributed by atoms with E-state index in [4.69, 9.17) is 11.5 Å². The average molecular weight is 244 g/mol. The average Bonchev–Trinajstić information content (AvgIpc) is 2.38. The monoisotopic (exact) mass is 244 g/mol. The summed E-state index contributed by atoms with van der Waals surface area (Å²) >= 11 is 0. The van der Waals surface area contributed by atoms with Crippen LogP contribution < -0.4 is 11.5 Å². The van der Waals surface area contributed by atoms with Crippen LogP contribution in [0.25, 0.3) is 10.8 Å². The topological polar surface area (TPSA) is 72.3 Å². The number of nitrogens with two attached hydrogens (primary N) is 2. The molecule has 3 heteroatoms. The Bertz CT molecular complexity index is 525. The third-order valence-electron chi connectivity index (χ3n) is 3.29. The fourth-order valence-electron chi connectivity index (χ4n) is 2.33. The number of phenols is 1. The summed E-state index contributed by atoms with van der Waals surface area (Å²) in [7, 11) is 0. The van der Waals surface area contributed by atoms with E-state index in [-0.39, 0.29) is 11.8 Å². The molecule has 0 bridgehead atoms. The number of hydrogen-bond acceptors (Lipinski definition) is 3. The van der Waals surface area contributed by atoms with E-state index in [9.17, 15) is 5.11 Å². The predicted octanol–water partition coefficient (Wildman–Crippen LogP) is 2.67. The maximum Gasteiger partial charge on any atom is 0.120 e. The molecule has 3 nitrogen and oxygen atoms in total. The first-order chi connectivity index (χ1) is 8.74. The number of hydrogen-bond donors (Lipinski definition) is 3. The van der Waals surface area contributed by atoms with Crippen molar-refractivity contribution in [2.45, 2.75) is 25.3 Å². The molecule has 0 aromatic heterocycles. The lowest BCUT2D eigenvalue weighted by atomic mass is 9.95. The molecule has 2 rings (SSSR count). The molecule has 0 fully saturated rings. The van der Waals surface area contributed by atoms with Crippen molar-refractivity contribution in [3.63, 3.8) is 0 Å². The first kappa shape index (κ1) is 12.9. The van der Waals surface area contributed by atoms with Gasteiger partial charge in [-0.25, -0.2) is 0 Å². The second kappa shape index (κ2) is 5.85. The molecule has 0 unspecified atom stereocenters. The van der Waals surface area contributed by atoms with Crippen molar-refractivity contribution < 1.29 is 5.11 Å². The Hall–Kier alpha value is -1.58. The van der Waals surface area contributed by atoms with Crippen LogP contribution in [0.5, 0.6) is 5.75 Å². The summed E-state index contributed by atoms with van der Waals surface area (Å²) in [5, 5.41) is 12.2. The molecule has 5 N–H and O–H groups in total. The lowest BCUT2D eigenvalue weighted by Gasteiger charge is -2.16. The zero-order chi connectivity index (χ0) is 13.0. The zero-order valence-electron chi connectivity index (χ0n) is 10.5. The summed E-state index contributed by atoms with van der Waals surface area (Å²) in [6.07, 6.45) is 2.80. The van der Waals surface area contributed by atoms with Crippen LogP contribution in [0.1, 0.15) is 30.9 Å². The van der Waals surface area contributed by atoms with Crippen LogP contribution in [-0.2, 0) is 0 Å². The molecule has 0 radical (unpaired) electrons. The Morgan fingerprint density at radius 2 is 1.83 bits per heavy atom. The molecule has 2 aromatic rings. The SMILES string of the molecule is NCCCC[C@H](N)c1c(O)ccc2ccccc12. The predicted molar refractivity (Wildman–Crippen MR) is 75.4 cm³/mol. The van der Waals surface area contributed by atoms with Gasteiger partial charge in [-0.1, -0.05) is 36.8 Å². The van der Waals surface area contributed by atoms with Gasteiger partial charge in [-0.3, -0.25) is 0 Å². The van der Waals surface area contributed by atoms with Gasteiger partial charge in [-0.15, -0.1) is 0 Å². The highest BCUT2D eigenvalue weighted by Gasteiger charge is 2.14. The molecule has 0 aliphatic heterocycles. The molecule has 2 aromatic carbocycles. The summed E-state index contributed by atoms with van der Waals surface area (Å²) in [5.74, 6) is 0.286. The van der Waals surface area contributed by atoms with Crippen molar-refractivity contribution in [3.8, 4) is 5.75 Å². The van der Waals surface area contributed by atoms with Gasteiger partial charge in [0.1, 0.15) is 5.75 Å². The van der Waals surface area contributed by atoms with Crippen molar-refractivity contribution in [2.75, 3.05) is 6.54 Å². The van der Waals surface area contributed by atoms with Gasteiger partial charge in [-0.05, 0) is 36.2 Å². The summed E-state index contributed by atoms with van der Waals surface area (Å²) < 4.78 is 0. The number of aromatic hydroxyl groups is 1. The van der Waals surface area contributed by atoms with Crippen LogP contribution in [0.4, 0.5) is 0 Å². The van der Waals surface area contributed by atoms with E-state index < -0.39 is 0 Å².